The summed E-state index contributed by atoms with van der Waals surface area (Å²) in [5.41, 5.74) is 3.11. The molecule has 1 amide bonds. The van der Waals surface area contributed by atoms with E-state index in [-0.39, 0.29) is 11.7 Å². The summed E-state index contributed by atoms with van der Waals surface area (Å²) in [7, 11) is 0. The number of benzene rings is 2. The topological polar surface area (TPSA) is 51.2 Å². The van der Waals surface area contributed by atoms with Gasteiger partial charge in [-0.15, -0.1) is 11.3 Å². The molecule has 116 valence electrons. The van der Waals surface area contributed by atoms with Gasteiger partial charge in [0.25, 0.3) is 5.91 Å². The van der Waals surface area contributed by atoms with Crippen molar-refractivity contribution in [2.45, 2.75) is 6.61 Å². The number of ether oxygens (including phenoxy) is 1. The summed E-state index contributed by atoms with van der Waals surface area (Å²) in [6.07, 6.45) is 1.52. The van der Waals surface area contributed by atoms with Crippen LogP contribution in [-0.2, 0) is 6.61 Å². The van der Waals surface area contributed by atoms with Crippen LogP contribution in [0.25, 0.3) is 0 Å². The minimum absolute atomic E-state index is 0.205. The molecular weight excluding hydrogens is 315 g/mol. The highest BCUT2D eigenvalue weighted by Gasteiger charge is 2.08. The Hall–Kier alpha value is -2.73. The van der Waals surface area contributed by atoms with Crippen LogP contribution in [0.4, 0.5) is 10.1 Å². The molecule has 0 unspecified atom stereocenters. The third-order valence-electron chi connectivity index (χ3n) is 3.07. The first kappa shape index (κ1) is 15.2. The number of nitrogens with one attached hydrogen (secondary N) is 1. The standard InChI is InChI=1S/C17H13FN2O2S/c18-13-6-4-12(5-7-13)10-22-15-3-1-2-14(8-15)20-17(21)16-9-19-11-23-16/h1-9,11H,10H2,(H,20,21). The Bertz CT molecular complexity index is 789. The molecule has 0 bridgehead atoms. The molecule has 4 nitrogen and oxygen atoms in total. The van der Waals surface area contributed by atoms with Crippen LogP contribution in [-0.4, -0.2) is 10.9 Å². The van der Waals surface area contributed by atoms with E-state index in [4.69, 9.17) is 4.74 Å². The van der Waals surface area contributed by atoms with Crippen LogP contribution < -0.4 is 10.1 Å². The Balaban J connectivity index is 1.63. The van der Waals surface area contributed by atoms with Crippen molar-refractivity contribution in [2.75, 3.05) is 5.32 Å². The third-order valence-corrected chi connectivity index (χ3v) is 3.84. The molecule has 2 aromatic carbocycles. The van der Waals surface area contributed by atoms with Gasteiger partial charge in [0.05, 0.1) is 11.7 Å². The second-order valence-electron chi connectivity index (χ2n) is 4.76. The number of thiazole rings is 1. The maximum absolute atomic E-state index is 12.9. The molecule has 0 spiro atoms. The number of rotatable bonds is 5. The summed E-state index contributed by atoms with van der Waals surface area (Å²) in [5.74, 6) is 0.140. The summed E-state index contributed by atoms with van der Waals surface area (Å²) in [6.45, 7) is 0.326. The van der Waals surface area contributed by atoms with E-state index in [9.17, 15) is 9.18 Å². The molecular formula is C17H13FN2O2S. The minimum atomic E-state index is -0.276. The maximum atomic E-state index is 12.9. The monoisotopic (exact) mass is 328 g/mol. The number of aromatic nitrogens is 1. The predicted molar refractivity (Wildman–Crippen MR) is 87.2 cm³/mol. The lowest BCUT2D eigenvalue weighted by atomic mass is 10.2. The van der Waals surface area contributed by atoms with Crippen molar-refractivity contribution in [3.05, 3.63) is 76.5 Å². The quantitative estimate of drug-likeness (QED) is 0.767. The van der Waals surface area contributed by atoms with Gasteiger partial charge in [-0.3, -0.25) is 9.78 Å². The highest BCUT2D eigenvalue weighted by atomic mass is 32.1. The largest absolute Gasteiger partial charge is 0.489 e. The van der Waals surface area contributed by atoms with E-state index < -0.39 is 0 Å². The predicted octanol–water partition coefficient (Wildman–Crippen LogP) is 4.11. The summed E-state index contributed by atoms with van der Waals surface area (Å²) >= 11 is 1.28. The van der Waals surface area contributed by atoms with E-state index in [0.717, 1.165) is 5.56 Å². The van der Waals surface area contributed by atoms with Gasteiger partial charge in [0.2, 0.25) is 0 Å². The van der Waals surface area contributed by atoms with Crippen LogP contribution >= 0.6 is 11.3 Å². The first-order chi connectivity index (χ1) is 11.2. The fourth-order valence-electron chi connectivity index (χ4n) is 1.93. The Morgan fingerprint density at radius 3 is 2.78 bits per heavy atom. The van der Waals surface area contributed by atoms with Crippen molar-refractivity contribution in [3.63, 3.8) is 0 Å². The lowest BCUT2D eigenvalue weighted by molar-refractivity contribution is 0.103. The lowest BCUT2D eigenvalue weighted by Gasteiger charge is -2.09. The molecule has 0 fully saturated rings. The van der Waals surface area contributed by atoms with E-state index in [1.165, 1.54) is 29.7 Å². The molecule has 0 radical (unpaired) electrons. The number of hydrogen-bond donors (Lipinski definition) is 1. The fraction of sp³-hybridized carbons (Fsp3) is 0.0588. The SMILES string of the molecule is O=C(Nc1cccc(OCc2ccc(F)cc2)c1)c1cncs1. The molecule has 0 atom stereocenters. The van der Waals surface area contributed by atoms with E-state index >= 15 is 0 Å². The summed E-state index contributed by atoms with van der Waals surface area (Å²) < 4.78 is 18.5. The van der Waals surface area contributed by atoms with Gasteiger partial charge >= 0.3 is 0 Å². The number of anilines is 1. The van der Waals surface area contributed by atoms with E-state index in [0.29, 0.717) is 22.9 Å². The van der Waals surface area contributed by atoms with Crippen molar-refractivity contribution >= 4 is 22.9 Å². The first-order valence-corrected chi connectivity index (χ1v) is 7.76. The van der Waals surface area contributed by atoms with Crippen molar-refractivity contribution < 1.29 is 13.9 Å². The van der Waals surface area contributed by atoms with Gasteiger partial charge < -0.3 is 10.1 Å². The second kappa shape index (κ2) is 7.02. The van der Waals surface area contributed by atoms with E-state index in [2.05, 4.69) is 10.3 Å². The van der Waals surface area contributed by atoms with Gasteiger partial charge in [0.1, 0.15) is 23.1 Å². The van der Waals surface area contributed by atoms with Gasteiger partial charge in [-0.25, -0.2) is 4.39 Å². The molecule has 3 rings (SSSR count). The molecule has 1 aromatic heterocycles. The maximum Gasteiger partial charge on any atom is 0.267 e. The van der Waals surface area contributed by atoms with Gasteiger partial charge in [0, 0.05) is 11.8 Å². The average molecular weight is 328 g/mol. The summed E-state index contributed by atoms with van der Waals surface area (Å²) in [6, 6.07) is 13.2. The molecule has 0 aliphatic rings. The molecule has 23 heavy (non-hydrogen) atoms. The molecule has 1 N–H and O–H groups in total. The smallest absolute Gasteiger partial charge is 0.267 e. The van der Waals surface area contributed by atoms with Crippen LogP contribution in [0.1, 0.15) is 15.2 Å². The highest BCUT2D eigenvalue weighted by molar-refractivity contribution is 7.11. The van der Waals surface area contributed by atoms with Gasteiger partial charge in [-0.2, -0.15) is 0 Å². The number of nitrogens with zero attached hydrogens (tertiary/aromatic N) is 1. The molecule has 0 saturated carbocycles. The van der Waals surface area contributed by atoms with Crippen LogP contribution in [0.2, 0.25) is 0 Å². The summed E-state index contributed by atoms with van der Waals surface area (Å²) in [4.78, 5) is 16.4. The fourth-order valence-corrected chi connectivity index (χ4v) is 2.45. The molecule has 3 aromatic rings. The molecule has 0 saturated heterocycles. The van der Waals surface area contributed by atoms with Gasteiger partial charge in [0.15, 0.2) is 0 Å². The van der Waals surface area contributed by atoms with Crippen molar-refractivity contribution in [1.29, 1.82) is 0 Å². The number of halogens is 1. The minimum Gasteiger partial charge on any atom is -0.489 e. The molecule has 1 heterocycles. The van der Waals surface area contributed by atoms with E-state index in [1.54, 1.807) is 41.9 Å². The molecule has 0 aliphatic carbocycles. The number of hydrogen-bond acceptors (Lipinski definition) is 4. The normalized spacial score (nSPS) is 10.3. The van der Waals surface area contributed by atoms with Crippen molar-refractivity contribution in [1.82, 2.24) is 4.98 Å². The third kappa shape index (κ3) is 4.14. The number of carbonyl (C=O) groups is 1. The van der Waals surface area contributed by atoms with Crippen LogP contribution in [0.3, 0.4) is 0 Å². The number of amides is 1. The van der Waals surface area contributed by atoms with Gasteiger partial charge in [-0.1, -0.05) is 18.2 Å². The van der Waals surface area contributed by atoms with Crippen molar-refractivity contribution in [3.8, 4) is 5.75 Å². The van der Waals surface area contributed by atoms with Crippen LogP contribution in [0.15, 0.2) is 60.2 Å². The highest BCUT2D eigenvalue weighted by Crippen LogP contribution is 2.20. The van der Waals surface area contributed by atoms with Crippen LogP contribution in [0.5, 0.6) is 5.75 Å². The zero-order chi connectivity index (χ0) is 16.1. The Morgan fingerprint density at radius 1 is 1.22 bits per heavy atom. The zero-order valence-corrected chi connectivity index (χ0v) is 12.8. The number of carbonyl (C=O) groups excluding carboxylic acids is 1. The Morgan fingerprint density at radius 2 is 2.04 bits per heavy atom. The first-order valence-electron chi connectivity index (χ1n) is 6.88. The van der Waals surface area contributed by atoms with Crippen LogP contribution in [0, 0.1) is 5.82 Å². The average Bonchev–Trinajstić information content (AvgIpc) is 3.09. The summed E-state index contributed by atoms with van der Waals surface area (Å²) in [5, 5.41) is 2.79. The second-order valence-corrected chi connectivity index (χ2v) is 5.65. The van der Waals surface area contributed by atoms with Gasteiger partial charge in [-0.05, 0) is 29.8 Å². The van der Waals surface area contributed by atoms with Crippen molar-refractivity contribution in [2.24, 2.45) is 0 Å². The molecule has 6 heteroatoms. The molecule has 0 aliphatic heterocycles. The lowest BCUT2D eigenvalue weighted by Crippen LogP contribution is -2.10. The Kier molecular flexibility index (Phi) is 4.63. The van der Waals surface area contributed by atoms with E-state index in [1.807, 2.05) is 0 Å². The zero-order valence-electron chi connectivity index (χ0n) is 12.0. The Labute approximate surface area is 136 Å².